The summed E-state index contributed by atoms with van der Waals surface area (Å²) >= 11 is 3.40. The van der Waals surface area contributed by atoms with E-state index >= 15 is 0 Å². The highest BCUT2D eigenvalue weighted by molar-refractivity contribution is 9.10. The second kappa shape index (κ2) is 3.47. The molecule has 0 radical (unpaired) electrons. The number of nitrogens with one attached hydrogen (secondary N) is 1. The molecule has 0 unspecified atom stereocenters. The highest BCUT2D eigenvalue weighted by atomic mass is 79.9. The Kier molecular flexibility index (Phi) is 2.33. The Morgan fingerprint density at radius 1 is 1.46 bits per heavy atom. The van der Waals surface area contributed by atoms with Gasteiger partial charge in [0.1, 0.15) is 0 Å². The maximum atomic E-state index is 8.81. The summed E-state index contributed by atoms with van der Waals surface area (Å²) in [6.07, 6.45) is 0.618. The van der Waals surface area contributed by atoms with E-state index in [1.807, 2.05) is 18.2 Å². The summed E-state index contributed by atoms with van der Waals surface area (Å²) in [5.74, 6) is 0. The van der Waals surface area contributed by atoms with Crippen LogP contribution in [-0.4, -0.2) is 21.9 Å². The normalized spacial score (nSPS) is 10.9. The number of H-pyrrole nitrogens is 1. The predicted molar refractivity (Wildman–Crippen MR) is 54.6 cm³/mol. The van der Waals surface area contributed by atoms with Crippen LogP contribution in [0.2, 0.25) is 0 Å². The minimum atomic E-state index is 0.143. The van der Waals surface area contributed by atoms with Crippen molar-refractivity contribution in [3.05, 3.63) is 28.4 Å². The van der Waals surface area contributed by atoms with Crippen molar-refractivity contribution >= 4 is 26.8 Å². The van der Waals surface area contributed by atoms with Crippen molar-refractivity contribution in [1.29, 1.82) is 0 Å². The Bertz CT molecular complexity index is 424. The average Bonchev–Trinajstić information content (AvgIpc) is 2.49. The zero-order chi connectivity index (χ0) is 9.26. The zero-order valence-corrected chi connectivity index (χ0v) is 8.50. The average molecular weight is 241 g/mol. The number of rotatable bonds is 2. The minimum absolute atomic E-state index is 0.143. The van der Waals surface area contributed by atoms with Crippen molar-refractivity contribution < 1.29 is 5.11 Å². The van der Waals surface area contributed by atoms with Gasteiger partial charge in [0.25, 0.3) is 0 Å². The van der Waals surface area contributed by atoms with Crippen LogP contribution in [0.3, 0.4) is 0 Å². The predicted octanol–water partition coefficient (Wildman–Crippen LogP) is 1.86. The number of halogens is 1. The molecule has 1 aromatic heterocycles. The van der Waals surface area contributed by atoms with E-state index in [0.717, 1.165) is 21.1 Å². The van der Waals surface area contributed by atoms with E-state index in [-0.39, 0.29) is 6.61 Å². The van der Waals surface area contributed by atoms with Gasteiger partial charge in [-0.3, -0.25) is 5.10 Å². The number of aromatic nitrogens is 2. The number of hydrogen-bond donors (Lipinski definition) is 2. The van der Waals surface area contributed by atoms with E-state index in [0.29, 0.717) is 6.42 Å². The molecule has 0 amide bonds. The maximum Gasteiger partial charge on any atom is 0.0924 e. The SMILES string of the molecule is OCCc1[nH]nc2ccc(Br)cc12. The summed E-state index contributed by atoms with van der Waals surface area (Å²) in [5.41, 5.74) is 1.92. The highest BCUT2D eigenvalue weighted by Gasteiger charge is 2.04. The molecular formula is C9H9BrN2O. The van der Waals surface area contributed by atoms with Crippen LogP contribution in [0.5, 0.6) is 0 Å². The van der Waals surface area contributed by atoms with Crippen LogP contribution >= 0.6 is 15.9 Å². The molecule has 68 valence electrons. The van der Waals surface area contributed by atoms with Gasteiger partial charge in [-0.25, -0.2) is 0 Å². The van der Waals surface area contributed by atoms with Gasteiger partial charge in [-0.05, 0) is 18.2 Å². The molecule has 1 aromatic carbocycles. The van der Waals surface area contributed by atoms with Crippen molar-refractivity contribution in [2.24, 2.45) is 0 Å². The van der Waals surface area contributed by atoms with Gasteiger partial charge in [0.15, 0.2) is 0 Å². The lowest BCUT2D eigenvalue weighted by molar-refractivity contribution is 0.298. The molecule has 0 bridgehead atoms. The summed E-state index contributed by atoms with van der Waals surface area (Å²) < 4.78 is 1.03. The van der Waals surface area contributed by atoms with Crippen molar-refractivity contribution in [3.63, 3.8) is 0 Å². The number of nitrogens with zero attached hydrogens (tertiary/aromatic N) is 1. The second-order valence-electron chi connectivity index (χ2n) is 2.84. The second-order valence-corrected chi connectivity index (χ2v) is 3.75. The quantitative estimate of drug-likeness (QED) is 0.843. The molecule has 0 aliphatic heterocycles. The van der Waals surface area contributed by atoms with Gasteiger partial charge in [-0.15, -0.1) is 0 Å². The van der Waals surface area contributed by atoms with Crippen LogP contribution in [0.1, 0.15) is 5.69 Å². The Balaban J connectivity index is 2.58. The van der Waals surface area contributed by atoms with E-state index < -0.39 is 0 Å². The summed E-state index contributed by atoms with van der Waals surface area (Å²) in [7, 11) is 0. The number of benzene rings is 1. The molecule has 0 atom stereocenters. The molecule has 0 fully saturated rings. The molecule has 2 N–H and O–H groups in total. The van der Waals surface area contributed by atoms with E-state index in [9.17, 15) is 0 Å². The standard InChI is InChI=1S/C9H9BrN2O/c10-6-1-2-8-7(5-6)9(3-4-13)12-11-8/h1-2,5,13H,3-4H2,(H,11,12). The Hall–Kier alpha value is -0.870. The van der Waals surface area contributed by atoms with Crippen molar-refractivity contribution in [2.45, 2.75) is 6.42 Å². The molecule has 2 aromatic rings. The Morgan fingerprint density at radius 3 is 3.08 bits per heavy atom. The first-order chi connectivity index (χ1) is 6.31. The fraction of sp³-hybridized carbons (Fsp3) is 0.222. The summed E-state index contributed by atoms with van der Waals surface area (Å²) in [6, 6.07) is 5.90. The van der Waals surface area contributed by atoms with E-state index in [1.165, 1.54) is 0 Å². The number of aliphatic hydroxyl groups excluding tert-OH is 1. The smallest absolute Gasteiger partial charge is 0.0924 e. The summed E-state index contributed by atoms with van der Waals surface area (Å²) in [4.78, 5) is 0. The molecule has 4 heteroatoms. The molecule has 3 nitrogen and oxygen atoms in total. The molecule has 13 heavy (non-hydrogen) atoms. The van der Waals surface area contributed by atoms with Crippen molar-refractivity contribution in [2.75, 3.05) is 6.61 Å². The number of hydrogen-bond acceptors (Lipinski definition) is 2. The lowest BCUT2D eigenvalue weighted by Crippen LogP contribution is -1.90. The molecule has 1 heterocycles. The molecule has 0 saturated heterocycles. The third-order valence-electron chi connectivity index (χ3n) is 1.96. The van der Waals surface area contributed by atoms with Crippen LogP contribution in [-0.2, 0) is 6.42 Å². The first-order valence-electron chi connectivity index (χ1n) is 4.04. The largest absolute Gasteiger partial charge is 0.396 e. The van der Waals surface area contributed by atoms with Crippen LogP contribution in [0.4, 0.5) is 0 Å². The van der Waals surface area contributed by atoms with Crippen molar-refractivity contribution in [3.8, 4) is 0 Å². The molecule has 2 rings (SSSR count). The summed E-state index contributed by atoms with van der Waals surface area (Å²) in [5, 5.41) is 16.9. The van der Waals surface area contributed by atoms with Crippen LogP contribution in [0.25, 0.3) is 10.9 Å². The molecule has 0 aliphatic rings. The first-order valence-corrected chi connectivity index (χ1v) is 4.84. The van der Waals surface area contributed by atoms with Gasteiger partial charge in [-0.2, -0.15) is 5.10 Å². The monoisotopic (exact) mass is 240 g/mol. The van der Waals surface area contributed by atoms with Crippen LogP contribution < -0.4 is 0 Å². The Labute approximate surface area is 83.9 Å². The van der Waals surface area contributed by atoms with E-state index in [4.69, 9.17) is 5.11 Å². The number of aromatic amines is 1. The van der Waals surface area contributed by atoms with Gasteiger partial charge >= 0.3 is 0 Å². The van der Waals surface area contributed by atoms with Crippen LogP contribution in [0, 0.1) is 0 Å². The fourth-order valence-corrected chi connectivity index (χ4v) is 1.70. The van der Waals surface area contributed by atoms with Crippen molar-refractivity contribution in [1.82, 2.24) is 10.2 Å². The van der Waals surface area contributed by atoms with Crippen LogP contribution in [0.15, 0.2) is 22.7 Å². The lowest BCUT2D eigenvalue weighted by atomic mass is 10.2. The van der Waals surface area contributed by atoms with Gasteiger partial charge in [0, 0.05) is 28.6 Å². The molecular weight excluding hydrogens is 232 g/mol. The zero-order valence-electron chi connectivity index (χ0n) is 6.92. The van der Waals surface area contributed by atoms with Gasteiger partial charge < -0.3 is 5.11 Å². The number of fused-ring (bicyclic) bond motifs is 1. The van der Waals surface area contributed by atoms with Gasteiger partial charge in [0.2, 0.25) is 0 Å². The van der Waals surface area contributed by atoms with Gasteiger partial charge in [-0.1, -0.05) is 15.9 Å². The lowest BCUT2D eigenvalue weighted by Gasteiger charge is -1.94. The van der Waals surface area contributed by atoms with E-state index in [2.05, 4.69) is 26.1 Å². The molecule has 0 aliphatic carbocycles. The minimum Gasteiger partial charge on any atom is -0.396 e. The maximum absolute atomic E-state index is 8.81. The highest BCUT2D eigenvalue weighted by Crippen LogP contribution is 2.20. The molecule has 0 spiro atoms. The van der Waals surface area contributed by atoms with Gasteiger partial charge in [0.05, 0.1) is 5.52 Å². The Morgan fingerprint density at radius 2 is 2.31 bits per heavy atom. The third-order valence-corrected chi connectivity index (χ3v) is 2.45. The molecule has 0 saturated carbocycles. The fourth-order valence-electron chi connectivity index (χ4n) is 1.34. The topological polar surface area (TPSA) is 48.9 Å². The first kappa shape index (κ1) is 8.72. The summed E-state index contributed by atoms with van der Waals surface area (Å²) in [6.45, 7) is 0.143. The van der Waals surface area contributed by atoms with E-state index in [1.54, 1.807) is 0 Å². The third kappa shape index (κ3) is 1.59. The number of aliphatic hydroxyl groups is 1.